The van der Waals surface area contributed by atoms with Gasteiger partial charge in [-0.15, -0.1) is 0 Å². The van der Waals surface area contributed by atoms with E-state index in [1.165, 1.54) is 0 Å². The Morgan fingerprint density at radius 1 is 0.615 bits per heavy atom. The number of methoxy groups -OCH3 is 1. The van der Waals surface area contributed by atoms with Crippen molar-refractivity contribution >= 4 is 8.56 Å². The minimum atomic E-state index is -2.64. The van der Waals surface area contributed by atoms with Crippen LogP contribution in [0.15, 0.2) is 103 Å². The number of fused-ring (bicyclic) bond motifs is 1. The number of ether oxygens (including phenoxy) is 7. The number of hydrogen-bond acceptors (Lipinski definition) is 9. The largest absolute Gasteiger partial charge is 0.391 e. The van der Waals surface area contributed by atoms with Gasteiger partial charge in [0.25, 0.3) is 0 Å². The fourth-order valence-electron chi connectivity index (χ4n) is 7.56. The SMILES string of the molecule is CO[C@H]1O[C@H](CO[C@@H]2C=C[C@H]3O[Si](C(C)(C)C)(C(C)(C)C)OC[C@H]3O2)[C@@H](OCc2ccccc2)[C@H](OCc2ccccc2)[C@H]1OCc1ccccc1. The summed E-state index contributed by atoms with van der Waals surface area (Å²) >= 11 is 0. The molecule has 8 atom stereocenters. The molecule has 6 rings (SSSR count). The van der Waals surface area contributed by atoms with Gasteiger partial charge < -0.3 is 42.0 Å². The number of rotatable bonds is 13. The van der Waals surface area contributed by atoms with Crippen LogP contribution in [0, 0.1) is 0 Å². The summed E-state index contributed by atoms with van der Waals surface area (Å²) in [5, 5.41) is -0.242. The average molecular weight is 733 g/mol. The van der Waals surface area contributed by atoms with E-state index in [-0.39, 0.29) is 28.9 Å². The molecule has 0 saturated carbocycles. The summed E-state index contributed by atoms with van der Waals surface area (Å²) in [5.41, 5.74) is 3.11. The predicted molar refractivity (Wildman–Crippen MR) is 200 cm³/mol. The van der Waals surface area contributed by atoms with Crippen molar-refractivity contribution in [3.63, 3.8) is 0 Å². The normalized spacial score (nSPS) is 29.1. The first kappa shape index (κ1) is 39.0. The van der Waals surface area contributed by atoms with E-state index in [0.29, 0.717) is 26.4 Å². The second kappa shape index (κ2) is 17.2. The van der Waals surface area contributed by atoms with Gasteiger partial charge in [0.15, 0.2) is 12.6 Å². The summed E-state index contributed by atoms with van der Waals surface area (Å²) in [6.07, 6.45) is -0.138. The maximum absolute atomic E-state index is 6.87. The van der Waals surface area contributed by atoms with Gasteiger partial charge >= 0.3 is 8.56 Å². The lowest BCUT2D eigenvalue weighted by molar-refractivity contribution is -0.327. The highest BCUT2D eigenvalue weighted by molar-refractivity contribution is 6.73. The third kappa shape index (κ3) is 9.13. The Morgan fingerprint density at radius 3 is 1.62 bits per heavy atom. The lowest BCUT2D eigenvalue weighted by atomic mass is 9.97. The van der Waals surface area contributed by atoms with Gasteiger partial charge in [0.1, 0.15) is 30.5 Å². The fourth-order valence-corrected chi connectivity index (χ4v) is 12.5. The fraction of sp³-hybridized carbons (Fsp3) is 0.524. The van der Waals surface area contributed by atoms with E-state index in [9.17, 15) is 0 Å². The zero-order valence-corrected chi connectivity index (χ0v) is 32.6. The summed E-state index contributed by atoms with van der Waals surface area (Å²) in [5.74, 6) is 0. The second-order valence-electron chi connectivity index (χ2n) is 15.8. The molecule has 282 valence electrons. The molecular weight excluding hydrogens is 677 g/mol. The number of benzene rings is 3. The van der Waals surface area contributed by atoms with Crippen LogP contribution in [0.4, 0.5) is 0 Å². The Hall–Kier alpha value is -2.74. The lowest BCUT2D eigenvalue weighted by Crippen LogP contribution is -2.65. The molecule has 2 fully saturated rings. The van der Waals surface area contributed by atoms with Crippen molar-refractivity contribution < 1.29 is 42.0 Å². The quantitative estimate of drug-likeness (QED) is 0.129. The monoisotopic (exact) mass is 732 g/mol. The first-order chi connectivity index (χ1) is 25.0. The molecule has 0 aromatic heterocycles. The van der Waals surface area contributed by atoms with Crippen LogP contribution in [0.5, 0.6) is 0 Å². The van der Waals surface area contributed by atoms with E-state index in [2.05, 4.69) is 47.6 Å². The second-order valence-corrected chi connectivity index (χ2v) is 20.6. The predicted octanol–water partition coefficient (Wildman–Crippen LogP) is 7.87. The van der Waals surface area contributed by atoms with Crippen molar-refractivity contribution in [3.05, 3.63) is 120 Å². The molecule has 3 heterocycles. The van der Waals surface area contributed by atoms with E-state index in [0.717, 1.165) is 16.7 Å². The Balaban J connectivity index is 1.21. The molecule has 3 aliphatic rings. The zero-order valence-electron chi connectivity index (χ0n) is 31.6. The summed E-state index contributed by atoms with van der Waals surface area (Å²) in [7, 11) is -1.02. The molecule has 10 heteroatoms. The van der Waals surface area contributed by atoms with Crippen LogP contribution in [0.2, 0.25) is 10.1 Å². The van der Waals surface area contributed by atoms with Gasteiger partial charge in [-0.2, -0.15) is 0 Å². The standard InChI is InChI=1S/C42H56O9Si/c1-41(2,3)52(42(4,5)6)48-29-34-33(51-52)23-24-36(49-34)44-28-35-37(45-25-30-17-11-8-12-18-30)38(46-26-31-19-13-9-14-20-31)39(40(43-7)50-35)47-27-32-21-15-10-16-22-32/h8-24,33-40H,25-29H2,1-7H3/t33-,34-,35-,36+,37-,38+,39-,40+/m1/s1. The van der Waals surface area contributed by atoms with Gasteiger partial charge in [0.2, 0.25) is 0 Å². The van der Waals surface area contributed by atoms with Crippen molar-refractivity contribution in [1.82, 2.24) is 0 Å². The average Bonchev–Trinajstić information content (AvgIpc) is 3.14. The van der Waals surface area contributed by atoms with Gasteiger partial charge in [-0.3, -0.25) is 0 Å². The van der Waals surface area contributed by atoms with E-state index >= 15 is 0 Å². The summed E-state index contributed by atoms with van der Waals surface area (Å²) in [4.78, 5) is 0. The third-order valence-electron chi connectivity index (χ3n) is 9.97. The zero-order chi connectivity index (χ0) is 36.8. The van der Waals surface area contributed by atoms with Gasteiger partial charge in [-0.1, -0.05) is 139 Å². The van der Waals surface area contributed by atoms with E-state index in [1.807, 2.05) is 97.1 Å². The molecule has 3 aromatic rings. The highest BCUT2D eigenvalue weighted by atomic mass is 28.4. The molecule has 0 bridgehead atoms. The molecule has 0 spiro atoms. The Morgan fingerprint density at radius 2 is 1.12 bits per heavy atom. The van der Waals surface area contributed by atoms with Crippen LogP contribution in [0.25, 0.3) is 0 Å². The molecular formula is C42H56O9Si. The topological polar surface area (TPSA) is 83.1 Å². The minimum Gasteiger partial charge on any atom is -0.391 e. The highest BCUT2D eigenvalue weighted by Crippen LogP contribution is 2.54. The summed E-state index contributed by atoms with van der Waals surface area (Å²) in [6, 6.07) is 30.2. The van der Waals surface area contributed by atoms with Crippen LogP contribution < -0.4 is 0 Å². The lowest BCUT2D eigenvalue weighted by Gasteiger charge is -2.54. The van der Waals surface area contributed by atoms with Crippen molar-refractivity contribution in [2.75, 3.05) is 20.3 Å². The van der Waals surface area contributed by atoms with Crippen molar-refractivity contribution in [2.24, 2.45) is 0 Å². The van der Waals surface area contributed by atoms with Gasteiger partial charge in [0.05, 0.1) is 39.1 Å². The molecule has 0 aliphatic carbocycles. The molecule has 0 radical (unpaired) electrons. The highest BCUT2D eigenvalue weighted by Gasteiger charge is 2.62. The van der Waals surface area contributed by atoms with Gasteiger partial charge in [0, 0.05) is 17.2 Å². The Bertz CT molecular complexity index is 1530. The van der Waals surface area contributed by atoms with Gasteiger partial charge in [-0.25, -0.2) is 0 Å². The minimum absolute atomic E-state index is 0.121. The van der Waals surface area contributed by atoms with Gasteiger partial charge in [-0.05, 0) is 22.8 Å². The third-order valence-corrected chi connectivity index (χ3v) is 15.1. The van der Waals surface area contributed by atoms with Crippen molar-refractivity contribution in [2.45, 2.75) is 121 Å². The van der Waals surface area contributed by atoms with Crippen LogP contribution in [-0.4, -0.2) is 78.1 Å². The molecule has 3 aromatic carbocycles. The van der Waals surface area contributed by atoms with Crippen molar-refractivity contribution in [3.8, 4) is 0 Å². The van der Waals surface area contributed by atoms with Crippen LogP contribution in [0.1, 0.15) is 58.2 Å². The first-order valence-corrected chi connectivity index (χ1v) is 20.2. The molecule has 3 aliphatic heterocycles. The van der Waals surface area contributed by atoms with Crippen LogP contribution in [0.3, 0.4) is 0 Å². The summed E-state index contributed by atoms with van der Waals surface area (Å²) in [6.45, 7) is 15.0. The summed E-state index contributed by atoms with van der Waals surface area (Å²) < 4.78 is 59.0. The Kier molecular flexibility index (Phi) is 12.9. The van der Waals surface area contributed by atoms with Crippen LogP contribution >= 0.6 is 0 Å². The van der Waals surface area contributed by atoms with E-state index in [1.54, 1.807) is 7.11 Å². The molecule has 2 saturated heterocycles. The maximum atomic E-state index is 6.87. The molecule has 9 nitrogen and oxygen atoms in total. The molecule has 0 N–H and O–H groups in total. The maximum Gasteiger partial charge on any atom is 0.349 e. The first-order valence-electron chi connectivity index (χ1n) is 18.4. The van der Waals surface area contributed by atoms with Crippen molar-refractivity contribution in [1.29, 1.82) is 0 Å². The number of hydrogen-bond donors (Lipinski definition) is 0. The smallest absolute Gasteiger partial charge is 0.349 e. The molecule has 52 heavy (non-hydrogen) atoms. The van der Waals surface area contributed by atoms with E-state index < -0.39 is 45.6 Å². The molecule has 0 amide bonds. The molecule has 0 unspecified atom stereocenters. The van der Waals surface area contributed by atoms with Crippen LogP contribution in [-0.2, 0) is 61.8 Å². The van der Waals surface area contributed by atoms with E-state index in [4.69, 9.17) is 42.0 Å². The Labute approximate surface area is 310 Å².